The van der Waals surface area contributed by atoms with Crippen molar-refractivity contribution < 1.29 is 14.3 Å². The first-order valence-corrected chi connectivity index (χ1v) is 13.5. The Morgan fingerprint density at radius 2 is 1.95 bits per heavy atom. The fourth-order valence-corrected chi connectivity index (χ4v) is 4.49. The Kier molecular flexibility index (Phi) is 11.3. The highest BCUT2D eigenvalue weighted by molar-refractivity contribution is 5.98. The molecule has 1 unspecified atom stereocenters. The van der Waals surface area contributed by atoms with E-state index in [4.69, 9.17) is 9.47 Å². The Morgan fingerprint density at radius 3 is 2.68 bits per heavy atom. The second kappa shape index (κ2) is 14.6. The van der Waals surface area contributed by atoms with Gasteiger partial charge in [0.15, 0.2) is 11.5 Å². The van der Waals surface area contributed by atoms with E-state index in [2.05, 4.69) is 51.6 Å². The molecule has 0 radical (unpaired) electrons. The molecule has 1 aromatic heterocycles. The number of aromatic nitrogens is 2. The van der Waals surface area contributed by atoms with Crippen LogP contribution in [0, 0.1) is 5.92 Å². The van der Waals surface area contributed by atoms with Crippen LogP contribution in [0.4, 0.5) is 11.8 Å². The van der Waals surface area contributed by atoms with Crippen molar-refractivity contribution in [2.24, 2.45) is 5.92 Å². The molecule has 2 aromatic rings. The predicted octanol–water partition coefficient (Wildman–Crippen LogP) is 4.21. The summed E-state index contributed by atoms with van der Waals surface area (Å²) in [7, 11) is 3.25. The highest BCUT2D eigenvalue weighted by Crippen LogP contribution is 2.27. The number of benzene rings is 1. The van der Waals surface area contributed by atoms with Crippen molar-refractivity contribution in [2.45, 2.75) is 58.9 Å². The molecule has 37 heavy (non-hydrogen) atoms. The van der Waals surface area contributed by atoms with E-state index in [0.717, 1.165) is 31.5 Å². The summed E-state index contributed by atoms with van der Waals surface area (Å²) in [5.41, 5.74) is 1.54. The molecule has 1 amide bonds. The van der Waals surface area contributed by atoms with Crippen molar-refractivity contribution >= 4 is 17.7 Å². The molecule has 2 heterocycles. The van der Waals surface area contributed by atoms with Crippen molar-refractivity contribution in [3.05, 3.63) is 35.5 Å². The molecule has 3 N–H and O–H groups in total. The maximum absolute atomic E-state index is 12.8. The average Bonchev–Trinajstić information content (AvgIpc) is 2.90. The van der Waals surface area contributed by atoms with Crippen LogP contribution in [-0.4, -0.2) is 73.8 Å². The lowest BCUT2D eigenvalue weighted by molar-refractivity contribution is 0.0949. The Balaban J connectivity index is 1.62. The van der Waals surface area contributed by atoms with E-state index in [9.17, 15) is 4.79 Å². The Bertz CT molecular complexity index is 1000. The lowest BCUT2D eigenvalue weighted by Crippen LogP contribution is -2.38. The van der Waals surface area contributed by atoms with Crippen molar-refractivity contribution in [1.29, 1.82) is 0 Å². The summed E-state index contributed by atoms with van der Waals surface area (Å²) in [6.45, 7) is 10.7. The third-order valence-corrected chi connectivity index (χ3v) is 6.70. The minimum atomic E-state index is -0.173. The van der Waals surface area contributed by atoms with Crippen molar-refractivity contribution in [2.75, 3.05) is 57.6 Å². The molecule has 1 atom stereocenters. The number of hydrogen-bond acceptors (Lipinski definition) is 8. The van der Waals surface area contributed by atoms with Crippen molar-refractivity contribution in [1.82, 2.24) is 20.2 Å². The van der Waals surface area contributed by atoms with Gasteiger partial charge in [-0.25, -0.2) is 4.98 Å². The molecule has 1 saturated heterocycles. The lowest BCUT2D eigenvalue weighted by Gasteiger charge is -2.33. The van der Waals surface area contributed by atoms with E-state index in [1.807, 2.05) is 18.2 Å². The maximum atomic E-state index is 12.8. The molecule has 9 heteroatoms. The van der Waals surface area contributed by atoms with E-state index >= 15 is 0 Å². The SMILES string of the molecule is COc1ccc(CCNc2nc(NCCCN3CCCCC3C)ncc2C(=O)NCC(C)C)cc1OC. The van der Waals surface area contributed by atoms with Gasteiger partial charge in [-0.2, -0.15) is 4.98 Å². The fraction of sp³-hybridized carbons (Fsp3) is 0.607. The Hall–Kier alpha value is -3.07. The van der Waals surface area contributed by atoms with E-state index in [-0.39, 0.29) is 5.91 Å². The zero-order valence-corrected chi connectivity index (χ0v) is 23.1. The normalized spacial score (nSPS) is 15.9. The molecular weight excluding hydrogens is 468 g/mol. The topological polar surface area (TPSA) is 101 Å². The second-order valence-electron chi connectivity index (χ2n) is 10.1. The first-order valence-electron chi connectivity index (χ1n) is 13.5. The van der Waals surface area contributed by atoms with Gasteiger partial charge in [0.2, 0.25) is 5.95 Å². The summed E-state index contributed by atoms with van der Waals surface area (Å²) in [4.78, 5) is 24.5. The van der Waals surface area contributed by atoms with Crippen LogP contribution in [0.15, 0.2) is 24.4 Å². The number of carbonyl (C=O) groups is 1. The van der Waals surface area contributed by atoms with Crippen LogP contribution in [-0.2, 0) is 6.42 Å². The molecule has 1 aliphatic heterocycles. The molecule has 9 nitrogen and oxygen atoms in total. The molecule has 0 saturated carbocycles. The van der Waals surface area contributed by atoms with Crippen LogP contribution in [0.3, 0.4) is 0 Å². The first kappa shape index (κ1) is 28.5. The number of amides is 1. The van der Waals surface area contributed by atoms with E-state index in [1.54, 1.807) is 20.4 Å². The van der Waals surface area contributed by atoms with Gasteiger partial charge in [-0.3, -0.25) is 4.79 Å². The number of rotatable bonds is 14. The summed E-state index contributed by atoms with van der Waals surface area (Å²) in [6, 6.07) is 6.54. The molecule has 0 aliphatic carbocycles. The predicted molar refractivity (Wildman–Crippen MR) is 149 cm³/mol. The largest absolute Gasteiger partial charge is 0.493 e. The average molecular weight is 513 g/mol. The smallest absolute Gasteiger partial charge is 0.256 e. The fourth-order valence-electron chi connectivity index (χ4n) is 4.49. The number of nitrogens with one attached hydrogen (secondary N) is 3. The van der Waals surface area contributed by atoms with Crippen molar-refractivity contribution in [3.63, 3.8) is 0 Å². The van der Waals surface area contributed by atoms with E-state index in [0.29, 0.717) is 53.9 Å². The molecular formula is C28H44N6O3. The third-order valence-electron chi connectivity index (χ3n) is 6.70. The number of likely N-dealkylation sites (tertiary alicyclic amines) is 1. The van der Waals surface area contributed by atoms with Gasteiger partial charge in [0.05, 0.1) is 14.2 Å². The summed E-state index contributed by atoms with van der Waals surface area (Å²) >= 11 is 0. The van der Waals surface area contributed by atoms with E-state index in [1.165, 1.54) is 25.8 Å². The summed E-state index contributed by atoms with van der Waals surface area (Å²) in [5.74, 6) is 2.64. The van der Waals surface area contributed by atoms with Crippen molar-refractivity contribution in [3.8, 4) is 11.5 Å². The van der Waals surface area contributed by atoms with Gasteiger partial charge < -0.3 is 30.3 Å². The van der Waals surface area contributed by atoms with Gasteiger partial charge in [-0.05, 0) is 62.8 Å². The van der Waals surface area contributed by atoms with E-state index < -0.39 is 0 Å². The molecule has 0 bridgehead atoms. The summed E-state index contributed by atoms with van der Waals surface area (Å²) in [5, 5.41) is 9.66. The van der Waals surface area contributed by atoms with Gasteiger partial charge in [-0.15, -0.1) is 0 Å². The minimum Gasteiger partial charge on any atom is -0.493 e. The van der Waals surface area contributed by atoms with Crippen LogP contribution in [0.25, 0.3) is 0 Å². The Labute approximate surface area is 221 Å². The number of anilines is 2. The van der Waals surface area contributed by atoms with Gasteiger partial charge in [0, 0.05) is 38.4 Å². The molecule has 1 aromatic carbocycles. The number of ether oxygens (including phenoxy) is 2. The number of hydrogen-bond donors (Lipinski definition) is 3. The highest BCUT2D eigenvalue weighted by Gasteiger charge is 2.18. The van der Waals surface area contributed by atoms with Gasteiger partial charge in [-0.1, -0.05) is 26.3 Å². The molecule has 3 rings (SSSR count). The molecule has 1 fully saturated rings. The highest BCUT2D eigenvalue weighted by atomic mass is 16.5. The van der Waals surface area contributed by atoms with Crippen LogP contribution in [0.1, 0.15) is 62.4 Å². The number of piperidine rings is 1. The van der Waals surface area contributed by atoms with Gasteiger partial charge in [0.1, 0.15) is 11.4 Å². The Morgan fingerprint density at radius 1 is 1.14 bits per heavy atom. The number of methoxy groups -OCH3 is 2. The third kappa shape index (κ3) is 8.77. The zero-order valence-electron chi connectivity index (χ0n) is 23.1. The quantitative estimate of drug-likeness (QED) is 0.324. The van der Waals surface area contributed by atoms with Crippen LogP contribution in [0.5, 0.6) is 11.5 Å². The van der Waals surface area contributed by atoms with Crippen LogP contribution < -0.4 is 25.4 Å². The molecule has 204 valence electrons. The van der Waals surface area contributed by atoms with Crippen LogP contribution >= 0.6 is 0 Å². The summed E-state index contributed by atoms with van der Waals surface area (Å²) in [6.07, 6.45) is 7.27. The maximum Gasteiger partial charge on any atom is 0.256 e. The van der Waals surface area contributed by atoms with Gasteiger partial charge in [0.25, 0.3) is 5.91 Å². The minimum absolute atomic E-state index is 0.173. The van der Waals surface area contributed by atoms with Gasteiger partial charge >= 0.3 is 0 Å². The molecule has 0 spiro atoms. The number of nitrogens with zero attached hydrogens (tertiary/aromatic N) is 3. The van der Waals surface area contributed by atoms with Crippen LogP contribution in [0.2, 0.25) is 0 Å². The second-order valence-corrected chi connectivity index (χ2v) is 10.1. The zero-order chi connectivity index (χ0) is 26.6. The molecule has 1 aliphatic rings. The summed E-state index contributed by atoms with van der Waals surface area (Å²) < 4.78 is 10.7. The first-order chi connectivity index (χ1) is 17.9. The number of carbonyl (C=O) groups excluding carboxylic acids is 1. The lowest BCUT2D eigenvalue weighted by atomic mass is 10.0. The standard InChI is InChI=1S/C28H44N6O3/c1-20(2)18-31-27(35)23-19-32-28(30-13-8-16-34-15-7-6-9-21(34)3)33-26(23)29-14-12-22-10-11-24(36-4)25(17-22)37-5/h10-11,17,19-21H,6-9,12-16,18H2,1-5H3,(H,31,35)(H2,29,30,32,33). The monoisotopic (exact) mass is 512 g/mol.